The van der Waals surface area contributed by atoms with E-state index >= 15 is 0 Å². The van der Waals surface area contributed by atoms with Gasteiger partial charge in [0.1, 0.15) is 41.2 Å². The van der Waals surface area contributed by atoms with E-state index in [1.807, 2.05) is 84.9 Å². The number of benzene rings is 3. The van der Waals surface area contributed by atoms with Crippen LogP contribution in [0.3, 0.4) is 0 Å². The first-order valence-corrected chi connectivity index (χ1v) is 19.9. The van der Waals surface area contributed by atoms with Crippen molar-refractivity contribution in [1.82, 2.24) is 30.2 Å². The number of fused-ring (bicyclic) bond motifs is 1. The number of imidazole rings is 1. The zero-order chi connectivity index (χ0) is 39.9. The lowest BCUT2D eigenvalue weighted by Crippen LogP contribution is -2.52. The number of aliphatic hydroxyl groups excluding tert-OH is 3. The molecule has 3 aromatic carbocycles. The number of anilines is 1. The number of thioether (sulfide) groups is 1. The quantitative estimate of drug-likeness (QED) is 0.0706. The minimum absolute atomic E-state index is 0.0653. The van der Waals surface area contributed by atoms with Gasteiger partial charge in [-0.1, -0.05) is 78.9 Å². The van der Waals surface area contributed by atoms with E-state index in [9.17, 15) is 24.9 Å². The van der Waals surface area contributed by atoms with Gasteiger partial charge >= 0.3 is 6.09 Å². The maximum atomic E-state index is 14.2. The predicted octanol–water partition coefficient (Wildman–Crippen LogP) is 3.40. The zero-order valence-corrected chi connectivity index (χ0v) is 32.4. The number of hydrogen-bond donors (Lipinski definition) is 6. The van der Waals surface area contributed by atoms with E-state index < -0.39 is 49.2 Å². The number of rotatable bonds is 14. The molecule has 4 heterocycles. The van der Waals surface area contributed by atoms with E-state index in [1.54, 1.807) is 4.57 Å². The number of alkyl carbamates (subject to hydrolysis) is 1. The van der Waals surface area contributed by atoms with Crippen molar-refractivity contribution in [2.45, 2.75) is 79.5 Å². The van der Waals surface area contributed by atoms with Crippen molar-refractivity contribution in [2.24, 2.45) is 0 Å². The van der Waals surface area contributed by atoms with E-state index in [2.05, 4.69) is 37.8 Å². The Hall–Kier alpha value is -4.94. The van der Waals surface area contributed by atoms with Crippen LogP contribution in [0, 0.1) is 0 Å². The van der Waals surface area contributed by atoms with Crippen molar-refractivity contribution >= 4 is 40.6 Å². The van der Waals surface area contributed by atoms with Crippen LogP contribution in [0.2, 0.25) is 0 Å². The third kappa shape index (κ3) is 9.12. The van der Waals surface area contributed by atoms with E-state index in [1.165, 1.54) is 31.5 Å². The molecule has 8 unspecified atom stereocenters. The molecule has 0 bridgehead atoms. The maximum Gasteiger partial charge on any atom is 0.407 e. The van der Waals surface area contributed by atoms with Crippen LogP contribution in [-0.2, 0) is 25.4 Å². The number of hydrogen-bond acceptors (Lipinski definition) is 13. The number of methoxy groups -OCH3 is 1. The van der Waals surface area contributed by atoms with Gasteiger partial charge in [0, 0.05) is 29.9 Å². The average molecular weight is 798 g/mol. The first kappa shape index (κ1) is 40.3. The summed E-state index contributed by atoms with van der Waals surface area (Å²) in [7, 11) is 1.27. The van der Waals surface area contributed by atoms with Crippen molar-refractivity contribution in [3.63, 3.8) is 0 Å². The van der Waals surface area contributed by atoms with Gasteiger partial charge in [-0.3, -0.25) is 9.36 Å². The van der Waals surface area contributed by atoms with Gasteiger partial charge in [0.05, 0.1) is 32.3 Å². The van der Waals surface area contributed by atoms with Gasteiger partial charge in [-0.2, -0.15) is 0 Å². The lowest BCUT2D eigenvalue weighted by Gasteiger charge is -2.36. The highest BCUT2D eigenvalue weighted by molar-refractivity contribution is 7.99. The SMILES string of the molecule is COC(=O)NC(C(=O)Nc1ccccc1CCC1CNC(C)C(CSc2ncnc3c2ncn3C2OC(CO)C(O)C2O)O1)C(c1ccccc1)c1ccccc1. The van der Waals surface area contributed by atoms with Crippen LogP contribution < -0.4 is 16.0 Å². The fraction of sp³-hybridized carbons (Fsp3) is 0.390. The summed E-state index contributed by atoms with van der Waals surface area (Å²) >= 11 is 1.48. The molecule has 15 nitrogen and oxygen atoms in total. The Labute approximate surface area is 334 Å². The number of aryl methyl sites for hydroxylation is 1. The maximum absolute atomic E-state index is 14.2. The molecule has 6 N–H and O–H groups in total. The summed E-state index contributed by atoms with van der Waals surface area (Å²) in [6.07, 6.45) is -1.15. The van der Waals surface area contributed by atoms with Gasteiger partial charge < -0.3 is 45.5 Å². The Balaban J connectivity index is 1.01. The largest absolute Gasteiger partial charge is 0.453 e. The topological polar surface area (TPSA) is 202 Å². The fourth-order valence-corrected chi connectivity index (χ4v) is 8.47. The Morgan fingerprint density at radius 1 is 0.947 bits per heavy atom. The number of nitrogens with zero attached hydrogens (tertiary/aromatic N) is 4. The minimum Gasteiger partial charge on any atom is -0.453 e. The number of carbonyl (C=O) groups excluding carboxylic acids is 2. The van der Waals surface area contributed by atoms with Crippen molar-refractivity contribution in [3.05, 3.63) is 114 Å². The monoisotopic (exact) mass is 797 g/mol. The van der Waals surface area contributed by atoms with E-state index in [-0.39, 0.29) is 24.2 Å². The summed E-state index contributed by atoms with van der Waals surface area (Å²) in [5.41, 5.74) is 4.27. The molecule has 7 rings (SSSR count). The molecule has 8 atom stereocenters. The van der Waals surface area contributed by atoms with Crippen LogP contribution in [0.1, 0.15) is 42.2 Å². The second-order valence-corrected chi connectivity index (χ2v) is 15.1. The summed E-state index contributed by atoms with van der Waals surface area (Å²) < 4.78 is 18.8. The van der Waals surface area contributed by atoms with Gasteiger partial charge in [0.15, 0.2) is 11.9 Å². The summed E-state index contributed by atoms with van der Waals surface area (Å²) in [4.78, 5) is 40.2. The van der Waals surface area contributed by atoms with E-state index in [4.69, 9.17) is 14.2 Å². The van der Waals surface area contributed by atoms with Gasteiger partial charge in [-0.25, -0.2) is 19.7 Å². The predicted molar refractivity (Wildman–Crippen MR) is 213 cm³/mol. The first-order chi connectivity index (χ1) is 27.7. The molecular formula is C41H47N7O8S. The molecule has 5 aromatic rings. The van der Waals surface area contributed by atoms with Gasteiger partial charge in [0.2, 0.25) is 5.91 Å². The molecule has 2 amide bonds. The van der Waals surface area contributed by atoms with Crippen LogP contribution in [-0.4, -0.2) is 115 Å². The average Bonchev–Trinajstić information content (AvgIpc) is 3.80. The van der Waals surface area contributed by atoms with Crippen LogP contribution in [0.25, 0.3) is 11.2 Å². The Morgan fingerprint density at radius 2 is 1.65 bits per heavy atom. The molecular weight excluding hydrogens is 751 g/mol. The highest BCUT2D eigenvalue weighted by Crippen LogP contribution is 2.34. The number of carbonyl (C=O) groups is 2. The molecule has 57 heavy (non-hydrogen) atoms. The summed E-state index contributed by atoms with van der Waals surface area (Å²) in [5, 5.41) is 40.5. The Kier molecular flexibility index (Phi) is 13.1. The first-order valence-electron chi connectivity index (χ1n) is 18.9. The number of ether oxygens (including phenoxy) is 3. The molecule has 2 aromatic heterocycles. The summed E-state index contributed by atoms with van der Waals surface area (Å²) in [6, 6.07) is 25.9. The normalized spacial score (nSPS) is 24.0. The summed E-state index contributed by atoms with van der Waals surface area (Å²) in [6.45, 7) is 2.30. The number of amides is 2. The number of para-hydroxylation sites is 1. The molecule has 16 heteroatoms. The molecule has 2 aliphatic heterocycles. The minimum atomic E-state index is -1.26. The smallest absolute Gasteiger partial charge is 0.407 e. The van der Waals surface area contributed by atoms with Crippen molar-refractivity contribution in [1.29, 1.82) is 0 Å². The van der Waals surface area contributed by atoms with Crippen molar-refractivity contribution in [3.8, 4) is 0 Å². The Bertz CT molecular complexity index is 2070. The van der Waals surface area contributed by atoms with Crippen molar-refractivity contribution < 1.29 is 39.1 Å². The molecule has 0 radical (unpaired) electrons. The zero-order valence-electron chi connectivity index (χ0n) is 31.5. The third-order valence-electron chi connectivity index (χ3n) is 10.5. The van der Waals surface area contributed by atoms with Crippen LogP contribution in [0.15, 0.2) is 103 Å². The number of morpholine rings is 1. The second kappa shape index (κ2) is 18.5. The van der Waals surface area contributed by atoms with Gasteiger partial charge in [-0.05, 0) is 42.5 Å². The highest BCUT2D eigenvalue weighted by atomic mass is 32.2. The summed E-state index contributed by atoms with van der Waals surface area (Å²) in [5.74, 6) is -0.299. The lowest BCUT2D eigenvalue weighted by atomic mass is 9.84. The molecule has 0 saturated carbocycles. The molecule has 2 fully saturated rings. The number of aromatic nitrogens is 4. The van der Waals surface area contributed by atoms with Crippen molar-refractivity contribution in [2.75, 3.05) is 31.3 Å². The van der Waals surface area contributed by atoms with Crippen LogP contribution >= 0.6 is 11.8 Å². The van der Waals surface area contributed by atoms with Gasteiger partial charge in [-0.15, -0.1) is 11.8 Å². The molecule has 300 valence electrons. The standard InChI is InChI=1S/C41H47N7O8S/c1-24-31(21-57-39-34-37(43-22-44-39)48(23-45-34)40-36(51)35(50)30(20-49)56-40)55-28(19-42-24)18-17-25-11-9-10-16-29(25)46-38(52)33(47-41(53)54-2)32(26-12-5-3-6-13-26)27-14-7-4-8-15-27/h3-16,22-24,28,30-33,35-36,40,42,49-51H,17-21H2,1-2H3,(H,46,52)(H,47,53). The van der Waals surface area contributed by atoms with E-state index in [0.717, 1.165) is 16.7 Å². The second-order valence-electron chi connectivity index (χ2n) is 14.1. The number of nitrogens with one attached hydrogen (secondary N) is 3. The third-order valence-corrected chi connectivity index (χ3v) is 11.6. The lowest BCUT2D eigenvalue weighted by molar-refractivity contribution is -0.118. The highest BCUT2D eigenvalue weighted by Gasteiger charge is 2.44. The fourth-order valence-electron chi connectivity index (χ4n) is 7.38. The molecule has 0 aliphatic carbocycles. The van der Waals surface area contributed by atoms with Crippen LogP contribution in [0.4, 0.5) is 10.5 Å². The molecule has 0 spiro atoms. The Morgan fingerprint density at radius 3 is 2.33 bits per heavy atom. The number of aliphatic hydroxyl groups is 3. The van der Waals surface area contributed by atoms with Gasteiger partial charge in [0.25, 0.3) is 0 Å². The van der Waals surface area contributed by atoms with E-state index in [0.29, 0.717) is 47.0 Å². The molecule has 2 saturated heterocycles. The van der Waals surface area contributed by atoms with Crippen LogP contribution in [0.5, 0.6) is 0 Å². The molecule has 2 aliphatic rings.